The predicted molar refractivity (Wildman–Crippen MR) is 72.6 cm³/mol. The van der Waals surface area contributed by atoms with Crippen LogP contribution in [-0.4, -0.2) is 32.1 Å². The molecule has 0 aliphatic heterocycles. The van der Waals surface area contributed by atoms with Gasteiger partial charge in [0.25, 0.3) is 0 Å². The van der Waals surface area contributed by atoms with Crippen LogP contribution in [0.4, 0.5) is 0 Å². The van der Waals surface area contributed by atoms with Crippen LogP contribution in [0.2, 0.25) is 5.02 Å². The summed E-state index contributed by atoms with van der Waals surface area (Å²) < 4.78 is 5.12. The summed E-state index contributed by atoms with van der Waals surface area (Å²) in [5.74, 6) is 0.796. The van der Waals surface area contributed by atoms with Crippen molar-refractivity contribution in [1.29, 1.82) is 0 Å². The third-order valence-electron chi connectivity index (χ3n) is 2.69. The molecule has 0 fully saturated rings. The van der Waals surface area contributed by atoms with Gasteiger partial charge < -0.3 is 15.4 Å². The van der Waals surface area contributed by atoms with Crippen LogP contribution in [0.25, 0.3) is 0 Å². The second-order valence-corrected chi connectivity index (χ2v) is 4.60. The zero-order chi connectivity index (χ0) is 12.7. The normalized spacial score (nSPS) is 10.9. The molecule has 96 valence electrons. The van der Waals surface area contributed by atoms with Crippen molar-refractivity contribution in [3.05, 3.63) is 28.8 Å². The average Bonchev–Trinajstić information content (AvgIpc) is 2.32. The molecule has 0 spiro atoms. The highest BCUT2D eigenvalue weighted by molar-refractivity contribution is 6.31. The van der Waals surface area contributed by atoms with Gasteiger partial charge >= 0.3 is 0 Å². The summed E-state index contributed by atoms with van der Waals surface area (Å²) in [6, 6.07) is 5.81. The minimum absolute atomic E-state index is 0.759. The van der Waals surface area contributed by atoms with Gasteiger partial charge in [0.2, 0.25) is 0 Å². The van der Waals surface area contributed by atoms with Crippen molar-refractivity contribution in [2.75, 3.05) is 27.2 Å². The Morgan fingerprint density at radius 1 is 1.35 bits per heavy atom. The highest BCUT2D eigenvalue weighted by Gasteiger charge is 2.05. The van der Waals surface area contributed by atoms with Gasteiger partial charge in [0.05, 0.1) is 7.11 Å². The minimum Gasteiger partial charge on any atom is -0.497 e. The van der Waals surface area contributed by atoms with Crippen LogP contribution >= 0.6 is 11.6 Å². The number of methoxy groups -OCH3 is 1. The molecule has 1 rings (SSSR count). The molecule has 0 bridgehead atoms. The number of hydrogen-bond acceptors (Lipinski definition) is 3. The SMILES string of the molecule is COc1ccc(CN(C)CCCCN)c(Cl)c1. The first-order chi connectivity index (χ1) is 8.17. The molecule has 0 aliphatic carbocycles. The lowest BCUT2D eigenvalue weighted by Gasteiger charge is -2.17. The largest absolute Gasteiger partial charge is 0.497 e. The first kappa shape index (κ1) is 14.3. The second kappa shape index (κ2) is 7.54. The van der Waals surface area contributed by atoms with E-state index in [-0.39, 0.29) is 0 Å². The molecule has 0 aromatic heterocycles. The first-order valence-electron chi connectivity index (χ1n) is 5.88. The summed E-state index contributed by atoms with van der Waals surface area (Å²) in [6.45, 7) is 2.66. The van der Waals surface area contributed by atoms with Crippen molar-refractivity contribution in [2.24, 2.45) is 5.73 Å². The van der Waals surface area contributed by atoms with Gasteiger partial charge in [0.15, 0.2) is 0 Å². The van der Waals surface area contributed by atoms with Crippen molar-refractivity contribution >= 4 is 11.6 Å². The van der Waals surface area contributed by atoms with Gasteiger partial charge in [0, 0.05) is 11.6 Å². The Balaban J connectivity index is 2.50. The third kappa shape index (κ3) is 4.94. The lowest BCUT2D eigenvalue weighted by atomic mass is 10.2. The smallest absolute Gasteiger partial charge is 0.120 e. The van der Waals surface area contributed by atoms with Crippen molar-refractivity contribution in [3.63, 3.8) is 0 Å². The van der Waals surface area contributed by atoms with Crippen molar-refractivity contribution in [1.82, 2.24) is 4.90 Å². The van der Waals surface area contributed by atoms with Gasteiger partial charge in [-0.05, 0) is 50.7 Å². The molecule has 0 aliphatic rings. The van der Waals surface area contributed by atoms with E-state index >= 15 is 0 Å². The van der Waals surface area contributed by atoms with E-state index < -0.39 is 0 Å². The summed E-state index contributed by atoms with van der Waals surface area (Å²) in [6.07, 6.45) is 2.20. The molecule has 1 aromatic carbocycles. The number of benzene rings is 1. The number of nitrogens with zero attached hydrogens (tertiary/aromatic N) is 1. The molecule has 4 heteroatoms. The fraction of sp³-hybridized carbons (Fsp3) is 0.538. The molecule has 0 saturated heterocycles. The number of halogens is 1. The van der Waals surface area contributed by atoms with Crippen LogP contribution in [0.15, 0.2) is 18.2 Å². The highest BCUT2D eigenvalue weighted by atomic mass is 35.5. The van der Waals surface area contributed by atoms with Crippen LogP contribution < -0.4 is 10.5 Å². The minimum atomic E-state index is 0.759. The Kier molecular flexibility index (Phi) is 6.34. The van der Waals surface area contributed by atoms with Crippen molar-refractivity contribution in [2.45, 2.75) is 19.4 Å². The molecule has 3 nitrogen and oxygen atoms in total. The van der Waals surface area contributed by atoms with E-state index in [1.165, 1.54) is 0 Å². The van der Waals surface area contributed by atoms with Crippen LogP contribution in [0, 0.1) is 0 Å². The molecule has 0 radical (unpaired) electrons. The first-order valence-corrected chi connectivity index (χ1v) is 6.26. The van der Waals surface area contributed by atoms with Crippen molar-refractivity contribution < 1.29 is 4.74 Å². The van der Waals surface area contributed by atoms with E-state index in [0.717, 1.165) is 48.8 Å². The fourth-order valence-corrected chi connectivity index (χ4v) is 1.91. The molecule has 0 heterocycles. The summed E-state index contributed by atoms with van der Waals surface area (Å²) in [5.41, 5.74) is 6.60. The Hall–Kier alpha value is -0.770. The molecule has 0 unspecified atom stereocenters. The summed E-state index contributed by atoms with van der Waals surface area (Å²) >= 11 is 6.19. The summed E-state index contributed by atoms with van der Waals surface area (Å²) in [5, 5.41) is 0.759. The zero-order valence-corrected chi connectivity index (χ0v) is 11.3. The van der Waals surface area contributed by atoms with Gasteiger partial charge in [-0.25, -0.2) is 0 Å². The van der Waals surface area contributed by atoms with Crippen molar-refractivity contribution in [3.8, 4) is 5.75 Å². The van der Waals surface area contributed by atoms with Gasteiger partial charge in [-0.1, -0.05) is 17.7 Å². The molecular formula is C13H21ClN2O. The quantitative estimate of drug-likeness (QED) is 0.762. The second-order valence-electron chi connectivity index (χ2n) is 4.19. The maximum atomic E-state index is 6.19. The Morgan fingerprint density at radius 3 is 2.71 bits per heavy atom. The van der Waals surface area contributed by atoms with E-state index in [1.54, 1.807) is 7.11 Å². The lowest BCUT2D eigenvalue weighted by Crippen LogP contribution is -2.20. The molecule has 0 saturated carbocycles. The van der Waals surface area contributed by atoms with Gasteiger partial charge in [-0.2, -0.15) is 0 Å². The number of nitrogens with two attached hydrogens (primary N) is 1. The maximum Gasteiger partial charge on any atom is 0.120 e. The van der Waals surface area contributed by atoms with Crippen LogP contribution in [0.1, 0.15) is 18.4 Å². The molecule has 1 aromatic rings. The monoisotopic (exact) mass is 256 g/mol. The number of unbranched alkanes of at least 4 members (excludes halogenated alkanes) is 1. The molecule has 0 atom stereocenters. The standard InChI is InChI=1S/C13H21ClN2O/c1-16(8-4-3-7-15)10-11-5-6-12(17-2)9-13(11)14/h5-6,9H,3-4,7-8,10,15H2,1-2H3. The van der Waals surface area contributed by atoms with Gasteiger partial charge in [0.1, 0.15) is 5.75 Å². The topological polar surface area (TPSA) is 38.5 Å². The Labute approximate surface area is 109 Å². The summed E-state index contributed by atoms with van der Waals surface area (Å²) in [7, 11) is 3.74. The van der Waals surface area contributed by atoms with E-state index in [9.17, 15) is 0 Å². The van der Waals surface area contributed by atoms with E-state index in [4.69, 9.17) is 22.1 Å². The van der Waals surface area contributed by atoms with Gasteiger partial charge in [-0.3, -0.25) is 0 Å². The van der Waals surface area contributed by atoms with Crippen LogP contribution in [-0.2, 0) is 6.54 Å². The van der Waals surface area contributed by atoms with Crippen LogP contribution in [0.5, 0.6) is 5.75 Å². The van der Waals surface area contributed by atoms with E-state index in [2.05, 4.69) is 11.9 Å². The zero-order valence-electron chi connectivity index (χ0n) is 10.6. The van der Waals surface area contributed by atoms with E-state index in [0.29, 0.717) is 0 Å². The molecule has 2 N–H and O–H groups in total. The number of hydrogen-bond donors (Lipinski definition) is 1. The lowest BCUT2D eigenvalue weighted by molar-refractivity contribution is 0.319. The van der Waals surface area contributed by atoms with E-state index in [1.807, 2.05) is 18.2 Å². The third-order valence-corrected chi connectivity index (χ3v) is 3.05. The maximum absolute atomic E-state index is 6.19. The summed E-state index contributed by atoms with van der Waals surface area (Å²) in [4.78, 5) is 2.25. The number of ether oxygens (including phenoxy) is 1. The predicted octanol–water partition coefficient (Wildman–Crippen LogP) is 2.52. The molecule has 17 heavy (non-hydrogen) atoms. The Morgan fingerprint density at radius 2 is 2.12 bits per heavy atom. The average molecular weight is 257 g/mol. The highest BCUT2D eigenvalue weighted by Crippen LogP contribution is 2.23. The van der Waals surface area contributed by atoms with Gasteiger partial charge in [-0.15, -0.1) is 0 Å². The number of rotatable bonds is 7. The molecular weight excluding hydrogens is 236 g/mol. The van der Waals surface area contributed by atoms with Crippen LogP contribution in [0.3, 0.4) is 0 Å². The fourth-order valence-electron chi connectivity index (χ4n) is 1.68. The Bertz CT molecular complexity index is 344. The molecule has 0 amide bonds.